The summed E-state index contributed by atoms with van der Waals surface area (Å²) in [5.41, 5.74) is 0. The minimum absolute atomic E-state index is 0. The fourth-order valence-electron chi connectivity index (χ4n) is 1.06. The highest BCUT2D eigenvalue weighted by atomic mass is 14.0. The van der Waals surface area contributed by atoms with E-state index in [2.05, 4.69) is 0 Å². The second kappa shape index (κ2) is 4.17. The first-order chi connectivity index (χ1) is 3.00. The maximum absolute atomic E-state index is 1.50. The fourth-order valence-corrected chi connectivity index (χ4v) is 1.06. The Balaban J connectivity index is 0.000000360. The third-order valence-corrected chi connectivity index (χ3v) is 1.50. The smallest absolute Gasteiger partial charge is 0.0533 e. The zero-order valence-corrected chi connectivity index (χ0v) is 4.95. The van der Waals surface area contributed by atoms with E-state index >= 15 is 0 Å². The number of rotatable bonds is 0. The first-order valence-corrected chi connectivity index (χ1v) is 3.00. The predicted molar refractivity (Wildman–Crippen MR) is 33.1 cm³/mol. The molecular weight excluding hydrogens is 84.1 g/mol. The van der Waals surface area contributed by atoms with Crippen molar-refractivity contribution in [1.29, 1.82) is 0 Å². The molecule has 1 rings (SSSR count). The van der Waals surface area contributed by atoms with Crippen molar-refractivity contribution in [1.82, 2.24) is 0 Å². The Morgan fingerprint density at radius 3 is 0.714 bits per heavy atom. The molecule has 0 bridgehead atoms. The SMILES string of the molecule is C1CCCCC1.[CH2]. The molecule has 0 nitrogen and oxygen atoms in total. The zero-order chi connectivity index (χ0) is 4.24. The first-order valence-electron chi connectivity index (χ1n) is 3.00. The van der Waals surface area contributed by atoms with Gasteiger partial charge in [0.15, 0.2) is 0 Å². The van der Waals surface area contributed by atoms with Gasteiger partial charge in [-0.1, -0.05) is 46.0 Å². The van der Waals surface area contributed by atoms with Gasteiger partial charge in [-0.05, 0) is 0 Å². The van der Waals surface area contributed by atoms with E-state index in [0.29, 0.717) is 0 Å². The van der Waals surface area contributed by atoms with Crippen LogP contribution in [0.3, 0.4) is 0 Å². The minimum atomic E-state index is 0. The predicted octanol–water partition coefficient (Wildman–Crippen LogP) is 2.67. The molecule has 0 saturated heterocycles. The molecule has 0 N–H and O–H groups in total. The summed E-state index contributed by atoms with van der Waals surface area (Å²) in [5, 5.41) is 0. The molecule has 1 aliphatic rings. The third-order valence-electron chi connectivity index (χ3n) is 1.50. The summed E-state index contributed by atoms with van der Waals surface area (Å²) in [7, 11) is 0. The average molecular weight is 98.2 g/mol. The summed E-state index contributed by atoms with van der Waals surface area (Å²) < 4.78 is 0. The Labute approximate surface area is 46.9 Å². The standard InChI is InChI=1S/C6H12.CH2/c1-2-4-6-5-3-1;/h1-6H2;1H2. The summed E-state index contributed by atoms with van der Waals surface area (Å²) in [6.07, 6.45) is 9.00. The molecule has 42 valence electrons. The number of hydrogen-bond donors (Lipinski definition) is 0. The molecule has 0 heteroatoms. The Morgan fingerprint density at radius 1 is 0.429 bits per heavy atom. The lowest BCUT2D eigenvalue weighted by Gasteiger charge is -2.05. The van der Waals surface area contributed by atoms with Crippen molar-refractivity contribution in [2.24, 2.45) is 0 Å². The van der Waals surface area contributed by atoms with Crippen LogP contribution in [0.4, 0.5) is 0 Å². The lowest BCUT2D eigenvalue weighted by atomic mass is 10.0. The van der Waals surface area contributed by atoms with Crippen LogP contribution in [-0.4, -0.2) is 0 Å². The van der Waals surface area contributed by atoms with Gasteiger partial charge in [0, 0.05) is 0 Å². The van der Waals surface area contributed by atoms with Crippen molar-refractivity contribution in [3.8, 4) is 0 Å². The van der Waals surface area contributed by atoms with E-state index in [4.69, 9.17) is 0 Å². The minimum Gasteiger partial charge on any atom is -0.0533 e. The van der Waals surface area contributed by atoms with Gasteiger partial charge in [0.1, 0.15) is 0 Å². The second-order valence-corrected chi connectivity index (χ2v) is 2.12. The lowest BCUT2D eigenvalue weighted by Crippen LogP contribution is -1.85. The molecule has 1 aliphatic carbocycles. The molecular formula is C7H14. The summed E-state index contributed by atoms with van der Waals surface area (Å²) in [5.74, 6) is 0. The van der Waals surface area contributed by atoms with Crippen molar-refractivity contribution in [3.05, 3.63) is 7.43 Å². The summed E-state index contributed by atoms with van der Waals surface area (Å²) in [4.78, 5) is 0. The van der Waals surface area contributed by atoms with Crippen LogP contribution < -0.4 is 0 Å². The van der Waals surface area contributed by atoms with Crippen LogP contribution >= 0.6 is 0 Å². The zero-order valence-electron chi connectivity index (χ0n) is 4.95. The molecule has 0 unspecified atom stereocenters. The van der Waals surface area contributed by atoms with Crippen LogP contribution in [0, 0.1) is 7.43 Å². The van der Waals surface area contributed by atoms with E-state index in [1.807, 2.05) is 0 Å². The van der Waals surface area contributed by atoms with Crippen LogP contribution in [0.25, 0.3) is 0 Å². The highest BCUT2D eigenvalue weighted by Crippen LogP contribution is 2.15. The molecule has 0 aromatic heterocycles. The topological polar surface area (TPSA) is 0 Å². The Morgan fingerprint density at radius 2 is 0.571 bits per heavy atom. The van der Waals surface area contributed by atoms with E-state index in [1.54, 1.807) is 0 Å². The summed E-state index contributed by atoms with van der Waals surface area (Å²) in [6, 6.07) is 0. The average Bonchev–Trinajstić information content (AvgIpc) is 1.72. The van der Waals surface area contributed by atoms with Gasteiger partial charge in [0.05, 0.1) is 0 Å². The summed E-state index contributed by atoms with van der Waals surface area (Å²) >= 11 is 0. The van der Waals surface area contributed by atoms with Crippen molar-refractivity contribution in [2.75, 3.05) is 0 Å². The molecule has 1 fully saturated rings. The highest BCUT2D eigenvalue weighted by molar-refractivity contribution is 4.51. The maximum atomic E-state index is 1.50. The van der Waals surface area contributed by atoms with Crippen LogP contribution in [0.2, 0.25) is 0 Å². The number of hydrogen-bond acceptors (Lipinski definition) is 0. The lowest BCUT2D eigenvalue weighted by molar-refractivity contribution is 0.504. The van der Waals surface area contributed by atoms with Gasteiger partial charge in [0.25, 0.3) is 0 Å². The van der Waals surface area contributed by atoms with Crippen LogP contribution in [0.1, 0.15) is 38.5 Å². The van der Waals surface area contributed by atoms with Crippen molar-refractivity contribution < 1.29 is 0 Å². The molecule has 7 heavy (non-hydrogen) atoms. The Kier molecular flexibility index (Phi) is 4.17. The van der Waals surface area contributed by atoms with E-state index in [1.165, 1.54) is 38.5 Å². The van der Waals surface area contributed by atoms with E-state index in [0.717, 1.165) is 0 Å². The molecule has 0 amide bonds. The molecule has 0 aromatic rings. The molecule has 2 radical (unpaired) electrons. The normalized spacial score (nSPS) is 20.6. The Bertz CT molecular complexity index is 15.5. The second-order valence-electron chi connectivity index (χ2n) is 2.12. The largest absolute Gasteiger partial charge is 0.0533 e. The molecule has 1 saturated carbocycles. The van der Waals surface area contributed by atoms with Gasteiger partial charge in [0.2, 0.25) is 0 Å². The maximum Gasteiger partial charge on any atom is -0.0533 e. The van der Waals surface area contributed by atoms with Crippen molar-refractivity contribution in [3.63, 3.8) is 0 Å². The van der Waals surface area contributed by atoms with Gasteiger partial charge in [-0.25, -0.2) is 0 Å². The molecule has 0 aliphatic heterocycles. The van der Waals surface area contributed by atoms with Gasteiger partial charge in [-0.15, -0.1) is 0 Å². The monoisotopic (exact) mass is 98.1 g/mol. The molecule has 0 spiro atoms. The van der Waals surface area contributed by atoms with Crippen molar-refractivity contribution in [2.45, 2.75) is 38.5 Å². The van der Waals surface area contributed by atoms with Crippen LogP contribution in [-0.2, 0) is 0 Å². The highest BCUT2D eigenvalue weighted by Gasteiger charge is 1.95. The van der Waals surface area contributed by atoms with E-state index < -0.39 is 0 Å². The third kappa shape index (κ3) is 2.67. The van der Waals surface area contributed by atoms with Gasteiger partial charge in [-0.2, -0.15) is 0 Å². The molecule has 0 aromatic carbocycles. The fraction of sp³-hybridized carbons (Fsp3) is 0.857. The quantitative estimate of drug-likeness (QED) is 0.437. The van der Waals surface area contributed by atoms with Crippen LogP contribution in [0.15, 0.2) is 0 Å². The first kappa shape index (κ1) is 7.00. The molecule has 0 atom stereocenters. The Hall–Kier alpha value is 0. The molecule has 0 heterocycles. The van der Waals surface area contributed by atoms with E-state index in [9.17, 15) is 0 Å². The van der Waals surface area contributed by atoms with Gasteiger partial charge < -0.3 is 0 Å². The van der Waals surface area contributed by atoms with E-state index in [-0.39, 0.29) is 7.43 Å². The van der Waals surface area contributed by atoms with Gasteiger partial charge in [-0.3, -0.25) is 0 Å². The van der Waals surface area contributed by atoms with Gasteiger partial charge >= 0.3 is 0 Å². The summed E-state index contributed by atoms with van der Waals surface area (Å²) in [6.45, 7) is 0. The van der Waals surface area contributed by atoms with Crippen molar-refractivity contribution >= 4 is 0 Å². The van der Waals surface area contributed by atoms with Crippen LogP contribution in [0.5, 0.6) is 0 Å².